The number of aryl methyl sites for hydroxylation is 1. The minimum Gasteiger partial charge on any atom is -0.490 e. The molecule has 0 bridgehead atoms. The largest absolute Gasteiger partial charge is 0.490 e. The van der Waals surface area contributed by atoms with Crippen molar-refractivity contribution in [1.29, 1.82) is 0 Å². The fraction of sp³-hybridized carbons (Fsp3) is 0.267. The Bertz CT molecular complexity index is 602. The lowest BCUT2D eigenvalue weighted by atomic mass is 10.1. The Morgan fingerprint density at radius 2 is 2.00 bits per heavy atom. The summed E-state index contributed by atoms with van der Waals surface area (Å²) in [5, 5.41) is 2.43. The van der Waals surface area contributed by atoms with Crippen molar-refractivity contribution in [2.24, 2.45) is 0 Å². The maximum atomic E-state index is 12.5. The van der Waals surface area contributed by atoms with Crippen LogP contribution in [-0.2, 0) is 0 Å². The van der Waals surface area contributed by atoms with E-state index in [1.807, 2.05) is 44.4 Å². The SMILES string of the molecule is Cc1csc(C(=O)c2ccccc2OC(C)C)c1Cl. The fourth-order valence-corrected chi connectivity index (χ4v) is 2.95. The highest BCUT2D eigenvalue weighted by Crippen LogP contribution is 2.32. The molecule has 0 unspecified atom stereocenters. The first-order chi connectivity index (χ1) is 9.00. The first-order valence-electron chi connectivity index (χ1n) is 6.04. The third kappa shape index (κ3) is 2.99. The predicted molar refractivity (Wildman–Crippen MR) is 79.7 cm³/mol. The van der Waals surface area contributed by atoms with Gasteiger partial charge >= 0.3 is 0 Å². The molecule has 1 aromatic carbocycles. The van der Waals surface area contributed by atoms with Gasteiger partial charge in [-0.15, -0.1) is 11.3 Å². The number of carbonyl (C=O) groups excluding carboxylic acids is 1. The van der Waals surface area contributed by atoms with E-state index < -0.39 is 0 Å². The zero-order chi connectivity index (χ0) is 14.0. The number of benzene rings is 1. The third-order valence-corrected chi connectivity index (χ3v) is 4.30. The standard InChI is InChI=1S/C15H15ClO2S/c1-9(2)18-12-7-5-4-6-11(12)14(17)15-13(16)10(3)8-19-15/h4-9H,1-3H3. The molecule has 2 nitrogen and oxygen atoms in total. The predicted octanol–water partition coefficient (Wildman–Crippen LogP) is 4.73. The van der Waals surface area contributed by atoms with Gasteiger partial charge in [0.15, 0.2) is 0 Å². The third-order valence-electron chi connectivity index (χ3n) is 2.60. The minimum atomic E-state index is -0.0839. The van der Waals surface area contributed by atoms with Gasteiger partial charge in [-0.05, 0) is 43.8 Å². The van der Waals surface area contributed by atoms with Crippen LogP contribution < -0.4 is 4.74 Å². The molecule has 100 valence electrons. The number of hydrogen-bond donors (Lipinski definition) is 0. The Morgan fingerprint density at radius 3 is 2.58 bits per heavy atom. The average Bonchev–Trinajstić information content (AvgIpc) is 2.69. The van der Waals surface area contributed by atoms with E-state index in [4.69, 9.17) is 16.3 Å². The second-order valence-electron chi connectivity index (χ2n) is 4.55. The number of para-hydroxylation sites is 1. The van der Waals surface area contributed by atoms with Crippen LogP contribution in [-0.4, -0.2) is 11.9 Å². The molecule has 0 saturated heterocycles. The van der Waals surface area contributed by atoms with E-state index >= 15 is 0 Å². The molecule has 1 heterocycles. The van der Waals surface area contributed by atoms with E-state index in [0.717, 1.165) is 5.56 Å². The van der Waals surface area contributed by atoms with Crippen molar-refractivity contribution in [3.8, 4) is 5.75 Å². The molecule has 2 rings (SSSR count). The summed E-state index contributed by atoms with van der Waals surface area (Å²) in [4.78, 5) is 13.1. The molecule has 0 atom stereocenters. The van der Waals surface area contributed by atoms with E-state index in [1.54, 1.807) is 6.07 Å². The number of ether oxygens (including phenoxy) is 1. The molecule has 0 aliphatic rings. The summed E-state index contributed by atoms with van der Waals surface area (Å²) < 4.78 is 5.68. The molecular formula is C15H15ClO2S. The molecule has 0 spiro atoms. The van der Waals surface area contributed by atoms with E-state index in [2.05, 4.69) is 0 Å². The van der Waals surface area contributed by atoms with Gasteiger partial charge < -0.3 is 4.74 Å². The fourth-order valence-electron chi connectivity index (χ4n) is 1.72. The summed E-state index contributed by atoms with van der Waals surface area (Å²) in [5.41, 5.74) is 1.48. The lowest BCUT2D eigenvalue weighted by molar-refractivity contribution is 0.103. The molecular weight excluding hydrogens is 280 g/mol. The van der Waals surface area contributed by atoms with Crippen LogP contribution in [0, 0.1) is 6.92 Å². The second-order valence-corrected chi connectivity index (χ2v) is 5.81. The lowest BCUT2D eigenvalue weighted by Gasteiger charge is -2.13. The first kappa shape index (κ1) is 14.1. The minimum absolute atomic E-state index is 0.0227. The van der Waals surface area contributed by atoms with Gasteiger partial charge in [0.05, 0.1) is 21.6 Å². The van der Waals surface area contributed by atoms with Gasteiger partial charge in [-0.3, -0.25) is 4.79 Å². The summed E-state index contributed by atoms with van der Waals surface area (Å²) in [6.45, 7) is 5.76. The van der Waals surface area contributed by atoms with Gasteiger partial charge in [-0.2, -0.15) is 0 Å². The average molecular weight is 295 g/mol. The van der Waals surface area contributed by atoms with Crippen LogP contribution in [0.5, 0.6) is 5.75 Å². The van der Waals surface area contributed by atoms with Crippen LogP contribution in [0.1, 0.15) is 34.6 Å². The Hall–Kier alpha value is -1.32. The number of rotatable bonds is 4. The summed E-state index contributed by atoms with van der Waals surface area (Å²) in [7, 11) is 0. The Balaban J connectivity index is 2.41. The van der Waals surface area contributed by atoms with Crippen LogP contribution in [0.25, 0.3) is 0 Å². The van der Waals surface area contributed by atoms with Gasteiger partial charge in [-0.1, -0.05) is 23.7 Å². The van der Waals surface area contributed by atoms with E-state index in [9.17, 15) is 4.79 Å². The van der Waals surface area contributed by atoms with Crippen LogP contribution in [0.4, 0.5) is 0 Å². The maximum absolute atomic E-state index is 12.5. The molecule has 0 radical (unpaired) electrons. The van der Waals surface area contributed by atoms with E-state index in [-0.39, 0.29) is 11.9 Å². The smallest absolute Gasteiger partial charge is 0.208 e. The van der Waals surface area contributed by atoms with Crippen LogP contribution in [0.3, 0.4) is 0 Å². The van der Waals surface area contributed by atoms with Crippen molar-refractivity contribution < 1.29 is 9.53 Å². The van der Waals surface area contributed by atoms with Crippen molar-refractivity contribution in [3.63, 3.8) is 0 Å². The van der Waals surface area contributed by atoms with Crippen LogP contribution >= 0.6 is 22.9 Å². The van der Waals surface area contributed by atoms with Crippen molar-refractivity contribution in [2.75, 3.05) is 0 Å². The zero-order valence-electron chi connectivity index (χ0n) is 11.1. The molecule has 0 N–H and O–H groups in total. The normalized spacial score (nSPS) is 10.8. The maximum Gasteiger partial charge on any atom is 0.208 e. The highest BCUT2D eigenvalue weighted by Gasteiger charge is 2.20. The molecule has 0 fully saturated rings. The molecule has 0 aliphatic heterocycles. The van der Waals surface area contributed by atoms with Gasteiger partial charge in [0.2, 0.25) is 5.78 Å². The molecule has 0 amide bonds. The molecule has 2 aromatic rings. The molecule has 19 heavy (non-hydrogen) atoms. The van der Waals surface area contributed by atoms with Crippen LogP contribution in [0.15, 0.2) is 29.6 Å². The topological polar surface area (TPSA) is 26.3 Å². The van der Waals surface area contributed by atoms with E-state index in [1.165, 1.54) is 11.3 Å². The Morgan fingerprint density at radius 1 is 1.32 bits per heavy atom. The van der Waals surface area contributed by atoms with Crippen LogP contribution in [0.2, 0.25) is 5.02 Å². The monoisotopic (exact) mass is 294 g/mol. The Labute approximate surface area is 122 Å². The van der Waals surface area contributed by atoms with Crippen molar-refractivity contribution in [2.45, 2.75) is 26.9 Å². The molecule has 4 heteroatoms. The number of thiophene rings is 1. The lowest BCUT2D eigenvalue weighted by Crippen LogP contribution is -2.10. The first-order valence-corrected chi connectivity index (χ1v) is 7.30. The Kier molecular flexibility index (Phi) is 4.27. The summed E-state index contributed by atoms with van der Waals surface area (Å²) in [6.07, 6.45) is 0.0227. The number of ketones is 1. The summed E-state index contributed by atoms with van der Waals surface area (Å²) in [6, 6.07) is 7.26. The highest BCUT2D eigenvalue weighted by atomic mass is 35.5. The number of halogens is 1. The van der Waals surface area contributed by atoms with Gasteiger partial charge in [-0.25, -0.2) is 0 Å². The van der Waals surface area contributed by atoms with Gasteiger partial charge in [0, 0.05) is 0 Å². The number of hydrogen-bond acceptors (Lipinski definition) is 3. The second kappa shape index (κ2) is 5.76. The highest BCUT2D eigenvalue weighted by molar-refractivity contribution is 7.13. The summed E-state index contributed by atoms with van der Waals surface area (Å²) >= 11 is 7.53. The summed E-state index contributed by atoms with van der Waals surface area (Å²) in [5.74, 6) is 0.518. The molecule has 0 saturated carbocycles. The zero-order valence-corrected chi connectivity index (χ0v) is 12.6. The number of carbonyl (C=O) groups is 1. The molecule has 1 aromatic heterocycles. The quantitative estimate of drug-likeness (QED) is 0.762. The molecule has 0 aliphatic carbocycles. The van der Waals surface area contributed by atoms with Gasteiger partial charge in [0.25, 0.3) is 0 Å². The van der Waals surface area contributed by atoms with Crippen molar-refractivity contribution in [3.05, 3.63) is 50.7 Å². The van der Waals surface area contributed by atoms with E-state index in [0.29, 0.717) is 21.2 Å². The van der Waals surface area contributed by atoms with Crippen molar-refractivity contribution >= 4 is 28.7 Å². The van der Waals surface area contributed by atoms with Gasteiger partial charge in [0.1, 0.15) is 5.75 Å². The van der Waals surface area contributed by atoms with Crippen molar-refractivity contribution in [1.82, 2.24) is 0 Å².